The van der Waals surface area contributed by atoms with Gasteiger partial charge in [0.2, 0.25) is 0 Å². The average molecular weight is 325 g/mol. The van der Waals surface area contributed by atoms with E-state index in [-0.39, 0.29) is 5.97 Å². The van der Waals surface area contributed by atoms with Gasteiger partial charge >= 0.3 is 5.97 Å². The molecule has 4 nitrogen and oxygen atoms in total. The lowest BCUT2D eigenvalue weighted by molar-refractivity contribution is -0.145. The van der Waals surface area contributed by atoms with E-state index >= 15 is 0 Å². The van der Waals surface area contributed by atoms with Crippen molar-refractivity contribution in [2.45, 2.75) is 32.2 Å². The molecule has 0 aliphatic heterocycles. The van der Waals surface area contributed by atoms with Gasteiger partial charge in [-0.25, -0.2) is 4.79 Å². The molecule has 1 atom stereocenters. The number of nitriles is 1. The Morgan fingerprint density at radius 3 is 2.74 bits per heavy atom. The largest absolute Gasteiger partial charge is 0.467 e. The number of rotatable bonds is 5. The van der Waals surface area contributed by atoms with Crippen molar-refractivity contribution >= 4 is 27.6 Å². The van der Waals surface area contributed by atoms with Crippen molar-refractivity contribution in [3.05, 3.63) is 28.2 Å². The van der Waals surface area contributed by atoms with Crippen molar-refractivity contribution in [2.24, 2.45) is 0 Å². The van der Waals surface area contributed by atoms with E-state index in [2.05, 4.69) is 27.3 Å². The van der Waals surface area contributed by atoms with Crippen molar-refractivity contribution < 1.29 is 9.53 Å². The molecule has 0 saturated heterocycles. The Labute approximate surface area is 121 Å². The maximum absolute atomic E-state index is 11.9. The highest BCUT2D eigenvalue weighted by molar-refractivity contribution is 9.10. The number of anilines is 1. The molecule has 0 amide bonds. The number of halogens is 1. The van der Waals surface area contributed by atoms with Crippen LogP contribution in [0.25, 0.3) is 0 Å². The highest BCUT2D eigenvalue weighted by Gasteiger charge is 2.33. The van der Waals surface area contributed by atoms with Crippen molar-refractivity contribution in [1.82, 2.24) is 0 Å². The van der Waals surface area contributed by atoms with Crippen LogP contribution in [-0.2, 0) is 9.53 Å². The smallest absolute Gasteiger partial charge is 0.331 e. The Morgan fingerprint density at radius 1 is 1.58 bits per heavy atom. The lowest BCUT2D eigenvalue weighted by Crippen LogP contribution is -2.44. The number of nitrogens with zero attached hydrogens (tertiary/aromatic N) is 1. The highest BCUT2D eigenvalue weighted by Crippen LogP contribution is 2.26. The van der Waals surface area contributed by atoms with E-state index < -0.39 is 5.54 Å². The molecule has 5 heteroatoms. The Bertz CT molecular complexity index is 511. The summed E-state index contributed by atoms with van der Waals surface area (Å²) < 4.78 is 5.55. The molecule has 1 aromatic rings. The van der Waals surface area contributed by atoms with E-state index in [4.69, 9.17) is 10.00 Å². The molecule has 1 unspecified atom stereocenters. The van der Waals surface area contributed by atoms with Gasteiger partial charge in [-0.05, 0) is 47.5 Å². The Hall–Kier alpha value is -1.54. The molecule has 102 valence electrons. The normalized spacial score (nSPS) is 13.2. The SMILES string of the molecule is CCCC(C)(Nc1ccc(C#N)c(Br)c1)C(=O)OC. The maximum Gasteiger partial charge on any atom is 0.331 e. The van der Waals surface area contributed by atoms with Crippen molar-refractivity contribution in [2.75, 3.05) is 12.4 Å². The summed E-state index contributed by atoms with van der Waals surface area (Å²) >= 11 is 3.33. The second-order valence-corrected chi connectivity index (χ2v) is 5.36. The van der Waals surface area contributed by atoms with Crippen LogP contribution in [0.2, 0.25) is 0 Å². The van der Waals surface area contributed by atoms with Gasteiger partial charge in [-0.15, -0.1) is 0 Å². The number of methoxy groups -OCH3 is 1. The molecular formula is C14H17BrN2O2. The van der Waals surface area contributed by atoms with Crippen LogP contribution in [0.15, 0.2) is 22.7 Å². The third-order valence-electron chi connectivity index (χ3n) is 2.90. The Kier molecular flexibility index (Phi) is 5.37. The molecular weight excluding hydrogens is 308 g/mol. The maximum atomic E-state index is 11.9. The summed E-state index contributed by atoms with van der Waals surface area (Å²) in [5.74, 6) is -0.296. The number of benzene rings is 1. The van der Waals surface area contributed by atoms with Gasteiger partial charge in [-0.2, -0.15) is 5.26 Å². The standard InChI is InChI=1S/C14H17BrN2O2/c1-4-7-14(2,13(18)19-3)17-11-6-5-10(9-16)12(15)8-11/h5-6,8,17H,4,7H2,1-3H3. The quantitative estimate of drug-likeness (QED) is 0.842. The molecule has 0 saturated carbocycles. The highest BCUT2D eigenvalue weighted by atomic mass is 79.9. The molecule has 1 N–H and O–H groups in total. The fraction of sp³-hybridized carbons (Fsp3) is 0.429. The first-order chi connectivity index (χ1) is 8.96. The number of nitrogens with one attached hydrogen (secondary N) is 1. The lowest BCUT2D eigenvalue weighted by atomic mass is 9.95. The predicted octanol–water partition coefficient (Wildman–Crippen LogP) is 3.46. The second-order valence-electron chi connectivity index (χ2n) is 4.51. The van der Waals surface area contributed by atoms with E-state index in [0.29, 0.717) is 16.5 Å². The number of hydrogen-bond donors (Lipinski definition) is 1. The molecule has 0 radical (unpaired) electrons. The predicted molar refractivity (Wildman–Crippen MR) is 77.8 cm³/mol. The summed E-state index contributed by atoms with van der Waals surface area (Å²) in [5, 5.41) is 12.1. The molecule has 0 fully saturated rings. The minimum absolute atomic E-state index is 0.296. The van der Waals surface area contributed by atoms with Crippen molar-refractivity contribution in [3.8, 4) is 6.07 Å². The summed E-state index contributed by atoms with van der Waals surface area (Å²) in [6, 6.07) is 7.35. The van der Waals surface area contributed by atoms with Crippen LogP contribution in [0, 0.1) is 11.3 Å². The first-order valence-corrected chi connectivity index (χ1v) is 6.82. The zero-order chi connectivity index (χ0) is 14.5. The number of ether oxygens (including phenoxy) is 1. The van der Waals surface area contributed by atoms with Crippen LogP contribution in [0.3, 0.4) is 0 Å². The minimum Gasteiger partial charge on any atom is -0.467 e. The number of carbonyl (C=O) groups is 1. The molecule has 0 aliphatic carbocycles. The average Bonchev–Trinajstić information content (AvgIpc) is 2.38. The topological polar surface area (TPSA) is 62.1 Å². The first-order valence-electron chi connectivity index (χ1n) is 6.03. The van der Waals surface area contributed by atoms with Crippen molar-refractivity contribution in [3.63, 3.8) is 0 Å². The van der Waals surface area contributed by atoms with E-state index in [1.54, 1.807) is 18.2 Å². The van der Waals surface area contributed by atoms with E-state index in [0.717, 1.165) is 12.1 Å². The van der Waals surface area contributed by atoms with Gasteiger partial charge in [0, 0.05) is 10.2 Å². The Morgan fingerprint density at radius 2 is 2.26 bits per heavy atom. The summed E-state index contributed by atoms with van der Waals surface area (Å²) in [6.07, 6.45) is 1.52. The third-order valence-corrected chi connectivity index (χ3v) is 3.55. The number of hydrogen-bond acceptors (Lipinski definition) is 4. The fourth-order valence-corrected chi connectivity index (χ4v) is 2.41. The van der Waals surface area contributed by atoms with Gasteiger partial charge in [0.25, 0.3) is 0 Å². The summed E-state index contributed by atoms with van der Waals surface area (Å²) in [4.78, 5) is 11.9. The van der Waals surface area contributed by atoms with Gasteiger partial charge in [0.1, 0.15) is 11.6 Å². The second kappa shape index (κ2) is 6.58. The summed E-state index contributed by atoms with van der Waals surface area (Å²) in [5.41, 5.74) is 0.560. The lowest BCUT2D eigenvalue weighted by Gasteiger charge is -2.28. The van der Waals surface area contributed by atoms with Crippen LogP contribution < -0.4 is 5.32 Å². The number of carbonyl (C=O) groups excluding carboxylic acids is 1. The fourth-order valence-electron chi connectivity index (χ4n) is 1.94. The zero-order valence-corrected chi connectivity index (χ0v) is 12.9. The Balaban J connectivity index is 3.01. The van der Waals surface area contributed by atoms with Gasteiger partial charge < -0.3 is 10.1 Å². The van der Waals surface area contributed by atoms with Crippen molar-refractivity contribution in [1.29, 1.82) is 5.26 Å². The van der Waals surface area contributed by atoms with Gasteiger partial charge in [0.05, 0.1) is 12.7 Å². The molecule has 0 heterocycles. The molecule has 0 bridgehead atoms. The first kappa shape index (κ1) is 15.5. The van der Waals surface area contributed by atoms with E-state index in [9.17, 15) is 4.79 Å². The molecule has 1 rings (SSSR count). The molecule has 19 heavy (non-hydrogen) atoms. The third kappa shape index (κ3) is 3.71. The molecule has 0 aliphatic rings. The van der Waals surface area contributed by atoms with Crippen LogP contribution >= 0.6 is 15.9 Å². The van der Waals surface area contributed by atoms with Gasteiger partial charge in [-0.3, -0.25) is 0 Å². The molecule has 0 aromatic heterocycles. The molecule has 0 spiro atoms. The zero-order valence-electron chi connectivity index (χ0n) is 11.3. The van der Waals surface area contributed by atoms with Gasteiger partial charge in [0.15, 0.2) is 0 Å². The summed E-state index contributed by atoms with van der Waals surface area (Å²) in [7, 11) is 1.38. The van der Waals surface area contributed by atoms with Crippen LogP contribution in [0.1, 0.15) is 32.3 Å². The molecule has 1 aromatic carbocycles. The van der Waals surface area contributed by atoms with Crippen LogP contribution in [0.5, 0.6) is 0 Å². The van der Waals surface area contributed by atoms with Gasteiger partial charge in [-0.1, -0.05) is 13.3 Å². The van der Waals surface area contributed by atoms with Crippen LogP contribution in [-0.4, -0.2) is 18.6 Å². The summed E-state index contributed by atoms with van der Waals surface area (Å²) in [6.45, 7) is 3.83. The minimum atomic E-state index is -0.767. The number of esters is 1. The van der Waals surface area contributed by atoms with E-state index in [1.807, 2.05) is 13.8 Å². The monoisotopic (exact) mass is 324 g/mol. The van der Waals surface area contributed by atoms with Crippen LogP contribution in [0.4, 0.5) is 5.69 Å². The van der Waals surface area contributed by atoms with E-state index in [1.165, 1.54) is 7.11 Å².